The molecule has 1 aliphatic heterocycles. The molecule has 1 aliphatic rings. The highest BCUT2D eigenvalue weighted by atomic mass is 16.6. The Labute approximate surface area is 87.8 Å². The van der Waals surface area contributed by atoms with Gasteiger partial charge in [-0.25, -0.2) is 0 Å². The molecule has 0 N–H and O–H groups in total. The fourth-order valence-electron chi connectivity index (χ4n) is 1.99. The van der Waals surface area contributed by atoms with Crippen LogP contribution in [0.4, 0.5) is 0 Å². The highest BCUT2D eigenvalue weighted by Crippen LogP contribution is 2.28. The first-order chi connectivity index (χ1) is 6.48. The highest BCUT2D eigenvalue weighted by molar-refractivity contribution is 6.54. The predicted octanol–water partition coefficient (Wildman–Crippen LogP) is 2.97. The zero-order valence-corrected chi connectivity index (χ0v) is 9.96. The van der Waals surface area contributed by atoms with Gasteiger partial charge in [-0.3, -0.25) is 0 Å². The predicted molar refractivity (Wildman–Crippen MR) is 60.1 cm³/mol. The average molecular weight is 196 g/mol. The van der Waals surface area contributed by atoms with Gasteiger partial charge in [0.15, 0.2) is 0 Å². The molecule has 0 amide bonds. The summed E-state index contributed by atoms with van der Waals surface area (Å²) in [5, 5.41) is 0. The molecule has 0 aromatic heterocycles. The molecule has 0 aromatic carbocycles. The van der Waals surface area contributed by atoms with Gasteiger partial charge in [-0.15, -0.1) is 0 Å². The fraction of sp³-hybridized carbons (Fsp3) is 0.818. The molecule has 1 heterocycles. The van der Waals surface area contributed by atoms with E-state index in [2.05, 4.69) is 33.8 Å². The molecule has 1 saturated heterocycles. The van der Waals surface area contributed by atoms with Crippen LogP contribution in [0.5, 0.6) is 0 Å². The summed E-state index contributed by atoms with van der Waals surface area (Å²) in [5.41, 5.74) is 1.18. The third kappa shape index (κ3) is 2.86. The van der Waals surface area contributed by atoms with Gasteiger partial charge < -0.3 is 9.31 Å². The normalized spacial score (nSPS) is 27.9. The number of hydrogen-bond acceptors (Lipinski definition) is 2. The van der Waals surface area contributed by atoms with Crippen molar-refractivity contribution in [3.8, 4) is 0 Å². The second kappa shape index (κ2) is 4.50. The molecule has 0 unspecified atom stereocenters. The Bertz CT molecular complexity index is 223. The quantitative estimate of drug-likeness (QED) is 0.632. The molecule has 1 atom stereocenters. The van der Waals surface area contributed by atoms with Crippen LogP contribution in [0.1, 0.15) is 47.5 Å². The summed E-state index contributed by atoms with van der Waals surface area (Å²) in [5.74, 6) is 0. The minimum atomic E-state index is -0.135. The Balaban J connectivity index is 2.71. The summed E-state index contributed by atoms with van der Waals surface area (Å²) in [6, 6.07) is 0. The Morgan fingerprint density at radius 1 is 1.57 bits per heavy atom. The van der Waals surface area contributed by atoms with Crippen molar-refractivity contribution in [1.82, 2.24) is 0 Å². The van der Waals surface area contributed by atoms with E-state index in [1.807, 2.05) is 6.92 Å². The molecular formula is C11H21BO2. The van der Waals surface area contributed by atoms with E-state index in [1.165, 1.54) is 5.47 Å². The van der Waals surface area contributed by atoms with Crippen molar-refractivity contribution in [3.05, 3.63) is 11.5 Å². The van der Waals surface area contributed by atoms with Gasteiger partial charge in [0.2, 0.25) is 0 Å². The minimum Gasteiger partial charge on any atom is -0.405 e. The van der Waals surface area contributed by atoms with Crippen LogP contribution in [0.15, 0.2) is 11.5 Å². The van der Waals surface area contributed by atoms with Crippen molar-refractivity contribution >= 4 is 7.12 Å². The van der Waals surface area contributed by atoms with Gasteiger partial charge in [0, 0.05) is 6.10 Å². The Morgan fingerprint density at radius 2 is 2.21 bits per heavy atom. The minimum absolute atomic E-state index is 0.0637. The van der Waals surface area contributed by atoms with Gasteiger partial charge >= 0.3 is 7.12 Å². The molecule has 0 aliphatic carbocycles. The fourth-order valence-corrected chi connectivity index (χ4v) is 1.99. The molecule has 14 heavy (non-hydrogen) atoms. The lowest BCUT2D eigenvalue weighted by atomic mass is 9.73. The zero-order chi connectivity index (χ0) is 10.8. The van der Waals surface area contributed by atoms with Crippen LogP contribution in [0.25, 0.3) is 0 Å². The second-order valence-corrected chi connectivity index (χ2v) is 4.58. The summed E-state index contributed by atoms with van der Waals surface area (Å²) in [4.78, 5) is 0. The monoisotopic (exact) mass is 196 g/mol. The van der Waals surface area contributed by atoms with Crippen LogP contribution in [0, 0.1) is 0 Å². The maximum Gasteiger partial charge on any atom is 0.489 e. The standard InChI is InChI=1S/C11H21BO2/c1-6-10(7-2)12-13-9(3)8-11(4,5)14-12/h6,9H,7-8H2,1-5H3/b10-6-/t9-/m1/s1. The van der Waals surface area contributed by atoms with Gasteiger partial charge in [-0.05, 0) is 46.0 Å². The summed E-state index contributed by atoms with van der Waals surface area (Å²) >= 11 is 0. The van der Waals surface area contributed by atoms with Gasteiger partial charge in [-0.2, -0.15) is 0 Å². The summed E-state index contributed by atoms with van der Waals surface area (Å²) < 4.78 is 11.7. The first-order valence-electron chi connectivity index (χ1n) is 5.47. The number of rotatable bonds is 2. The van der Waals surface area contributed by atoms with Gasteiger partial charge in [0.1, 0.15) is 0 Å². The third-order valence-corrected chi connectivity index (χ3v) is 2.64. The van der Waals surface area contributed by atoms with Gasteiger partial charge in [0.25, 0.3) is 0 Å². The SMILES string of the molecule is C/C=C(/CC)B1O[C@H](C)CC(C)(C)O1. The molecule has 0 radical (unpaired) electrons. The lowest BCUT2D eigenvalue weighted by molar-refractivity contribution is -0.0253. The zero-order valence-electron chi connectivity index (χ0n) is 9.96. The van der Waals surface area contributed by atoms with Crippen LogP contribution < -0.4 is 0 Å². The average Bonchev–Trinajstić information content (AvgIpc) is 2.02. The van der Waals surface area contributed by atoms with E-state index in [4.69, 9.17) is 9.31 Å². The number of allylic oxidation sites excluding steroid dienone is 2. The molecule has 0 saturated carbocycles. The topological polar surface area (TPSA) is 18.5 Å². The molecule has 3 heteroatoms. The Kier molecular flexibility index (Phi) is 3.79. The van der Waals surface area contributed by atoms with Crippen molar-refractivity contribution in [2.24, 2.45) is 0 Å². The van der Waals surface area contributed by atoms with E-state index in [0.717, 1.165) is 12.8 Å². The summed E-state index contributed by atoms with van der Waals surface area (Å²) in [6.07, 6.45) is 4.33. The maximum absolute atomic E-state index is 5.90. The lowest BCUT2D eigenvalue weighted by Gasteiger charge is -2.38. The largest absolute Gasteiger partial charge is 0.489 e. The van der Waals surface area contributed by atoms with Crippen molar-refractivity contribution in [3.63, 3.8) is 0 Å². The molecule has 0 aromatic rings. The molecule has 0 bridgehead atoms. The van der Waals surface area contributed by atoms with Gasteiger partial charge in [-0.1, -0.05) is 13.0 Å². The lowest BCUT2D eigenvalue weighted by Crippen LogP contribution is -2.46. The molecule has 1 rings (SSSR count). The number of hydrogen-bond donors (Lipinski definition) is 0. The van der Waals surface area contributed by atoms with E-state index in [0.29, 0.717) is 0 Å². The van der Waals surface area contributed by atoms with Crippen molar-refractivity contribution in [2.45, 2.75) is 59.2 Å². The molecule has 80 valence electrons. The van der Waals surface area contributed by atoms with Crippen LogP contribution in [0.2, 0.25) is 0 Å². The van der Waals surface area contributed by atoms with Crippen molar-refractivity contribution in [2.75, 3.05) is 0 Å². The summed E-state index contributed by atoms with van der Waals surface area (Å²) in [7, 11) is -0.135. The molecular weight excluding hydrogens is 175 g/mol. The van der Waals surface area contributed by atoms with Crippen LogP contribution in [-0.2, 0) is 9.31 Å². The van der Waals surface area contributed by atoms with Crippen molar-refractivity contribution < 1.29 is 9.31 Å². The van der Waals surface area contributed by atoms with Crippen LogP contribution in [-0.4, -0.2) is 18.8 Å². The molecule has 0 spiro atoms. The molecule has 2 nitrogen and oxygen atoms in total. The van der Waals surface area contributed by atoms with E-state index < -0.39 is 0 Å². The van der Waals surface area contributed by atoms with E-state index >= 15 is 0 Å². The third-order valence-electron chi connectivity index (χ3n) is 2.64. The smallest absolute Gasteiger partial charge is 0.405 e. The first-order valence-corrected chi connectivity index (χ1v) is 5.47. The van der Waals surface area contributed by atoms with E-state index in [9.17, 15) is 0 Å². The van der Waals surface area contributed by atoms with Crippen molar-refractivity contribution in [1.29, 1.82) is 0 Å². The molecule has 1 fully saturated rings. The Morgan fingerprint density at radius 3 is 2.64 bits per heavy atom. The highest BCUT2D eigenvalue weighted by Gasteiger charge is 2.38. The second-order valence-electron chi connectivity index (χ2n) is 4.58. The van der Waals surface area contributed by atoms with E-state index in [1.54, 1.807) is 0 Å². The Hall–Kier alpha value is -0.275. The van der Waals surface area contributed by atoms with Gasteiger partial charge in [0.05, 0.1) is 5.60 Å². The van der Waals surface area contributed by atoms with Crippen LogP contribution >= 0.6 is 0 Å². The van der Waals surface area contributed by atoms with E-state index in [-0.39, 0.29) is 18.8 Å². The first kappa shape index (κ1) is 11.8. The maximum atomic E-state index is 5.90. The summed E-state index contributed by atoms with van der Waals surface area (Å²) in [6.45, 7) is 10.5. The van der Waals surface area contributed by atoms with Crippen LogP contribution in [0.3, 0.4) is 0 Å².